The van der Waals surface area contributed by atoms with E-state index in [9.17, 15) is 4.79 Å². The molecule has 3 aromatic rings. The van der Waals surface area contributed by atoms with E-state index in [0.29, 0.717) is 17.9 Å². The van der Waals surface area contributed by atoms with Gasteiger partial charge in [-0.05, 0) is 27.9 Å². The molecule has 6 heteroatoms. The molecule has 0 saturated carbocycles. The maximum Gasteiger partial charge on any atom is 0.212 e. The van der Waals surface area contributed by atoms with Crippen molar-refractivity contribution in [2.75, 3.05) is 0 Å². The first kappa shape index (κ1) is 15.0. The average Bonchev–Trinajstić information content (AvgIpc) is 3.10. The SMILES string of the molecule is CC(C)[C@H](N)c1nc(C=O)c(-c2c[nH]c3c(Br)cccc23)o1. The van der Waals surface area contributed by atoms with Gasteiger partial charge in [-0.25, -0.2) is 4.98 Å². The number of para-hydroxylation sites is 1. The van der Waals surface area contributed by atoms with Crippen LogP contribution in [0.3, 0.4) is 0 Å². The summed E-state index contributed by atoms with van der Waals surface area (Å²) in [5, 5.41) is 0.957. The molecule has 0 aliphatic rings. The number of aldehydes is 1. The van der Waals surface area contributed by atoms with Crippen LogP contribution in [0.25, 0.3) is 22.2 Å². The number of H-pyrrole nitrogens is 1. The molecule has 0 unspecified atom stereocenters. The Morgan fingerprint density at radius 1 is 1.41 bits per heavy atom. The third-order valence-corrected chi connectivity index (χ3v) is 4.36. The largest absolute Gasteiger partial charge is 0.438 e. The second-order valence-corrected chi connectivity index (χ2v) is 6.37. The highest BCUT2D eigenvalue weighted by Gasteiger charge is 2.23. The Labute approximate surface area is 136 Å². The number of hydrogen-bond donors (Lipinski definition) is 2. The number of carbonyl (C=O) groups is 1. The Morgan fingerprint density at radius 3 is 2.86 bits per heavy atom. The van der Waals surface area contributed by atoms with Crippen molar-refractivity contribution in [3.05, 3.63) is 40.5 Å². The van der Waals surface area contributed by atoms with Crippen LogP contribution in [-0.4, -0.2) is 16.3 Å². The molecule has 2 aromatic heterocycles. The van der Waals surface area contributed by atoms with Gasteiger partial charge in [-0.1, -0.05) is 26.0 Å². The Morgan fingerprint density at radius 2 is 2.18 bits per heavy atom. The minimum atomic E-state index is -0.343. The smallest absolute Gasteiger partial charge is 0.212 e. The highest BCUT2D eigenvalue weighted by molar-refractivity contribution is 9.10. The number of carbonyl (C=O) groups excluding carboxylic acids is 1. The highest BCUT2D eigenvalue weighted by atomic mass is 79.9. The molecule has 0 saturated heterocycles. The zero-order valence-corrected chi connectivity index (χ0v) is 13.8. The first-order valence-electron chi connectivity index (χ1n) is 7.00. The molecular formula is C16H16BrN3O2. The molecule has 0 bridgehead atoms. The molecular weight excluding hydrogens is 346 g/mol. The summed E-state index contributed by atoms with van der Waals surface area (Å²) in [5.41, 5.74) is 8.09. The van der Waals surface area contributed by atoms with Crippen LogP contribution in [0.1, 0.15) is 36.3 Å². The topological polar surface area (TPSA) is 84.9 Å². The summed E-state index contributed by atoms with van der Waals surface area (Å²) in [6.45, 7) is 3.97. The van der Waals surface area contributed by atoms with Crippen molar-refractivity contribution in [1.82, 2.24) is 9.97 Å². The van der Waals surface area contributed by atoms with Crippen molar-refractivity contribution in [2.24, 2.45) is 11.7 Å². The van der Waals surface area contributed by atoms with Crippen molar-refractivity contribution in [3.8, 4) is 11.3 Å². The molecule has 0 amide bonds. The highest BCUT2D eigenvalue weighted by Crippen LogP contribution is 2.35. The summed E-state index contributed by atoms with van der Waals surface area (Å²) in [5.74, 6) is 1.00. The number of hydrogen-bond acceptors (Lipinski definition) is 4. The van der Waals surface area contributed by atoms with Gasteiger partial charge in [0.1, 0.15) is 5.69 Å². The van der Waals surface area contributed by atoms with Gasteiger partial charge in [0, 0.05) is 21.6 Å². The normalized spacial score (nSPS) is 13.0. The summed E-state index contributed by atoms with van der Waals surface area (Å²) in [6, 6.07) is 5.50. The van der Waals surface area contributed by atoms with Crippen LogP contribution < -0.4 is 5.73 Å². The van der Waals surface area contributed by atoms with E-state index in [0.717, 1.165) is 20.9 Å². The van der Waals surface area contributed by atoms with Crippen molar-refractivity contribution in [2.45, 2.75) is 19.9 Å². The number of halogens is 1. The van der Waals surface area contributed by atoms with Crippen LogP contribution in [0.4, 0.5) is 0 Å². The Bertz CT molecular complexity index is 835. The lowest BCUT2D eigenvalue weighted by molar-refractivity contribution is 0.111. The summed E-state index contributed by atoms with van der Waals surface area (Å²) in [7, 11) is 0. The Balaban J connectivity index is 2.18. The van der Waals surface area contributed by atoms with Crippen molar-refractivity contribution < 1.29 is 9.21 Å². The predicted octanol–water partition coefficient (Wildman–Crippen LogP) is 4.05. The van der Waals surface area contributed by atoms with Gasteiger partial charge < -0.3 is 15.1 Å². The number of rotatable bonds is 4. The summed E-state index contributed by atoms with van der Waals surface area (Å²) >= 11 is 3.50. The van der Waals surface area contributed by atoms with E-state index < -0.39 is 0 Å². The number of nitrogens with one attached hydrogen (secondary N) is 1. The molecule has 0 radical (unpaired) electrons. The average molecular weight is 362 g/mol. The van der Waals surface area contributed by atoms with Gasteiger partial charge in [0.15, 0.2) is 12.0 Å². The molecule has 5 nitrogen and oxygen atoms in total. The number of oxazole rings is 1. The second kappa shape index (κ2) is 5.70. The minimum Gasteiger partial charge on any atom is -0.438 e. The molecule has 2 heterocycles. The zero-order valence-electron chi connectivity index (χ0n) is 12.3. The van der Waals surface area contributed by atoms with Gasteiger partial charge >= 0.3 is 0 Å². The van der Waals surface area contributed by atoms with Gasteiger partial charge in [0.25, 0.3) is 0 Å². The lowest BCUT2D eigenvalue weighted by Gasteiger charge is -2.10. The molecule has 0 fully saturated rings. The first-order chi connectivity index (χ1) is 10.5. The fraction of sp³-hybridized carbons (Fsp3) is 0.250. The van der Waals surface area contributed by atoms with Crippen LogP contribution in [0.5, 0.6) is 0 Å². The standard InChI is InChI=1S/C16H16BrN3O2/c1-8(2)13(18)16-20-12(7-21)15(22-16)10-6-19-14-9(10)4-3-5-11(14)17/h3-8,13,19H,18H2,1-2H3/t13-/m0/s1. The third-order valence-electron chi connectivity index (χ3n) is 3.69. The van der Waals surface area contributed by atoms with Crippen molar-refractivity contribution >= 4 is 33.1 Å². The van der Waals surface area contributed by atoms with Gasteiger partial charge in [0.2, 0.25) is 5.89 Å². The molecule has 3 rings (SSSR count). The van der Waals surface area contributed by atoms with Gasteiger partial charge in [-0.3, -0.25) is 4.79 Å². The van der Waals surface area contributed by atoms with E-state index in [1.807, 2.05) is 38.2 Å². The van der Waals surface area contributed by atoms with Crippen molar-refractivity contribution in [3.63, 3.8) is 0 Å². The van der Waals surface area contributed by atoms with Crippen LogP contribution >= 0.6 is 15.9 Å². The monoisotopic (exact) mass is 361 g/mol. The van der Waals surface area contributed by atoms with E-state index in [1.54, 1.807) is 0 Å². The maximum atomic E-state index is 11.3. The van der Waals surface area contributed by atoms with Crippen molar-refractivity contribution in [1.29, 1.82) is 0 Å². The van der Waals surface area contributed by atoms with Gasteiger partial charge in [0.05, 0.1) is 11.6 Å². The summed E-state index contributed by atoms with van der Waals surface area (Å²) in [6.07, 6.45) is 2.51. The Hall–Kier alpha value is -1.92. The fourth-order valence-electron chi connectivity index (χ4n) is 2.35. The zero-order chi connectivity index (χ0) is 15.9. The maximum absolute atomic E-state index is 11.3. The third kappa shape index (κ3) is 2.38. The van der Waals surface area contributed by atoms with E-state index in [2.05, 4.69) is 25.9 Å². The van der Waals surface area contributed by atoms with E-state index in [4.69, 9.17) is 10.2 Å². The lowest BCUT2D eigenvalue weighted by Crippen LogP contribution is -2.17. The molecule has 0 spiro atoms. The number of nitrogens with zero attached hydrogens (tertiary/aromatic N) is 1. The molecule has 114 valence electrons. The van der Waals surface area contributed by atoms with E-state index in [1.165, 1.54) is 0 Å². The molecule has 1 aromatic carbocycles. The van der Waals surface area contributed by atoms with Gasteiger partial charge in [-0.15, -0.1) is 0 Å². The van der Waals surface area contributed by atoms with Crippen LogP contribution in [0, 0.1) is 5.92 Å². The van der Waals surface area contributed by atoms with Crippen LogP contribution in [0.2, 0.25) is 0 Å². The lowest BCUT2D eigenvalue weighted by atomic mass is 10.1. The second-order valence-electron chi connectivity index (χ2n) is 5.52. The number of benzene rings is 1. The van der Waals surface area contributed by atoms with Crippen LogP contribution in [-0.2, 0) is 0 Å². The molecule has 22 heavy (non-hydrogen) atoms. The molecule has 0 aliphatic carbocycles. The summed E-state index contributed by atoms with van der Waals surface area (Å²) < 4.78 is 6.77. The van der Waals surface area contributed by atoms with Crippen LogP contribution in [0.15, 0.2) is 33.3 Å². The van der Waals surface area contributed by atoms with E-state index in [-0.39, 0.29) is 17.7 Å². The number of nitrogens with two attached hydrogens (primary N) is 1. The number of fused-ring (bicyclic) bond motifs is 1. The van der Waals surface area contributed by atoms with E-state index >= 15 is 0 Å². The quantitative estimate of drug-likeness (QED) is 0.686. The summed E-state index contributed by atoms with van der Waals surface area (Å²) in [4.78, 5) is 18.8. The molecule has 0 aliphatic heterocycles. The fourth-order valence-corrected chi connectivity index (χ4v) is 2.84. The predicted molar refractivity (Wildman–Crippen MR) is 88.6 cm³/mol. The van der Waals surface area contributed by atoms with Gasteiger partial charge in [-0.2, -0.15) is 0 Å². The first-order valence-corrected chi connectivity index (χ1v) is 7.79. The molecule has 3 N–H and O–H groups in total. The minimum absolute atomic E-state index is 0.170. The number of aromatic nitrogens is 2. The molecule has 1 atom stereocenters. The number of aromatic amines is 1. The Kier molecular flexibility index (Phi) is 3.88.